The molecule has 3 rings (SSSR count). The highest BCUT2D eigenvalue weighted by atomic mass is 32.2. The largest absolute Gasteiger partial charge is 0.465 e. The topological polar surface area (TPSA) is 349 Å². The number of nitrogens with one attached hydrogen (secondary N) is 2. The van der Waals surface area contributed by atoms with Crippen molar-refractivity contribution in [3.8, 4) is 0 Å². The fourth-order valence-electron chi connectivity index (χ4n) is 5.96. The Morgan fingerprint density at radius 3 is 2.42 bits per heavy atom. The number of rotatable bonds is 14. The number of ether oxygens (including phenoxy) is 4. The third kappa shape index (κ3) is 8.17. The van der Waals surface area contributed by atoms with E-state index in [1.807, 2.05) is 0 Å². The Kier molecular flexibility index (Phi) is 12.5. The summed E-state index contributed by atoms with van der Waals surface area (Å²) in [4.78, 5) is 13.5. The molecule has 0 aromatic rings. The minimum absolute atomic E-state index is 0.0626. The Morgan fingerprint density at radius 2 is 1.84 bits per heavy atom. The SMILES string of the molecule is CN[C@@H]1[C@@H](O)[C@@H](O[C@@H]2[C@@H](O)[C@H](O[C@H]3OC(CN)=CC[C@]3(N)NS(=O)(=O)CCN)[C@@H](N)C[C@]2(N)C(=O)[C@@H](O)CCN)OC[C@]1(C)O. The molecule has 45 heavy (non-hydrogen) atoms. The lowest BCUT2D eigenvalue weighted by molar-refractivity contribution is -0.310. The number of ketones is 1. The van der Waals surface area contributed by atoms with Gasteiger partial charge >= 0.3 is 0 Å². The molecule has 262 valence electrons. The van der Waals surface area contributed by atoms with E-state index in [0.717, 1.165) is 0 Å². The van der Waals surface area contributed by atoms with Gasteiger partial charge in [0.05, 0.1) is 24.9 Å². The molecule has 2 heterocycles. The van der Waals surface area contributed by atoms with Crippen LogP contribution < -0.4 is 44.4 Å². The van der Waals surface area contributed by atoms with Crippen LogP contribution in [0.25, 0.3) is 0 Å². The number of aliphatic hydroxyl groups excluding tert-OH is 3. The second-order valence-electron chi connectivity index (χ2n) is 12.1. The Balaban J connectivity index is 1.99. The lowest BCUT2D eigenvalue weighted by Crippen LogP contribution is -2.76. The van der Waals surface area contributed by atoms with Gasteiger partial charge in [0.2, 0.25) is 16.3 Å². The summed E-state index contributed by atoms with van der Waals surface area (Å²) in [7, 11) is -2.53. The van der Waals surface area contributed by atoms with Crippen LogP contribution in [-0.4, -0.2) is 146 Å². The summed E-state index contributed by atoms with van der Waals surface area (Å²) in [5.41, 5.74) is 30.6. The Hall–Kier alpha value is -1.44. The molecule has 19 nitrogen and oxygen atoms in total. The molecule has 0 spiro atoms. The summed E-state index contributed by atoms with van der Waals surface area (Å²) in [5.74, 6) is -1.19. The minimum Gasteiger partial charge on any atom is -0.465 e. The Labute approximate surface area is 261 Å². The van der Waals surface area contributed by atoms with Gasteiger partial charge in [0.25, 0.3) is 0 Å². The molecule has 18 N–H and O–H groups in total. The van der Waals surface area contributed by atoms with E-state index in [-0.39, 0.29) is 44.8 Å². The summed E-state index contributed by atoms with van der Waals surface area (Å²) < 4.78 is 51.0. The van der Waals surface area contributed by atoms with Crippen molar-refractivity contribution in [3.63, 3.8) is 0 Å². The van der Waals surface area contributed by atoms with Crippen LogP contribution >= 0.6 is 0 Å². The van der Waals surface area contributed by atoms with Crippen molar-refractivity contribution in [1.29, 1.82) is 0 Å². The van der Waals surface area contributed by atoms with Crippen molar-refractivity contribution in [2.45, 2.75) is 98.2 Å². The summed E-state index contributed by atoms with van der Waals surface area (Å²) in [6.45, 7) is 0.762. The normalized spacial score (nSPS) is 41.6. The van der Waals surface area contributed by atoms with Gasteiger partial charge in [0, 0.05) is 19.0 Å². The number of carbonyl (C=O) groups is 1. The zero-order valence-electron chi connectivity index (χ0n) is 25.4. The number of hydrogen-bond acceptors (Lipinski definition) is 18. The molecule has 1 aliphatic carbocycles. The highest BCUT2D eigenvalue weighted by Crippen LogP contribution is 2.37. The second-order valence-corrected chi connectivity index (χ2v) is 13.9. The molecule has 2 fully saturated rings. The number of nitrogens with two attached hydrogens (primary N) is 6. The minimum atomic E-state index is -4.03. The van der Waals surface area contributed by atoms with Crippen molar-refractivity contribution in [2.75, 3.05) is 39.0 Å². The summed E-state index contributed by atoms with van der Waals surface area (Å²) >= 11 is 0. The number of Topliss-reactive ketones (excluding diaryl/α,β-unsaturated/α-hetero) is 1. The third-order valence-electron chi connectivity index (χ3n) is 8.33. The number of carbonyl (C=O) groups excluding carboxylic acids is 1. The molecule has 0 aromatic carbocycles. The molecule has 2 aliphatic heterocycles. The number of hydrogen-bond donors (Lipinski definition) is 12. The highest BCUT2D eigenvalue weighted by Gasteiger charge is 2.60. The average Bonchev–Trinajstić information content (AvgIpc) is 2.94. The van der Waals surface area contributed by atoms with Gasteiger partial charge in [0.1, 0.15) is 53.1 Å². The van der Waals surface area contributed by atoms with Crippen LogP contribution in [0.5, 0.6) is 0 Å². The standard InChI is InChI=1S/C25H50N8O11S/c1-23(38)11-41-21(16(36)18(23)32-2)44-20-15(35)17(13(29)9-24(20,30)19(37)14(34)4-6-26)43-22-25(31,5-3-12(10-28)42-22)33-45(39,40)8-7-27/h3,13-18,20-22,32-36,38H,4-11,26-31H2,1-2H3/t13-,14-,15-,16+,17+,18+,20+,21+,22+,23-,24-,25-/m0/s1. The molecule has 0 unspecified atom stereocenters. The van der Waals surface area contributed by atoms with Crippen molar-refractivity contribution >= 4 is 15.8 Å². The maximum Gasteiger partial charge on any atom is 0.232 e. The molecule has 12 atom stereocenters. The fraction of sp³-hybridized carbons (Fsp3) is 0.880. The van der Waals surface area contributed by atoms with Crippen LogP contribution in [-0.2, 0) is 33.8 Å². The van der Waals surface area contributed by atoms with Gasteiger partial charge in [-0.25, -0.2) is 8.42 Å². The maximum absolute atomic E-state index is 13.5. The van der Waals surface area contributed by atoms with Crippen molar-refractivity contribution in [3.05, 3.63) is 11.8 Å². The lowest BCUT2D eigenvalue weighted by Gasteiger charge is -2.52. The van der Waals surface area contributed by atoms with Gasteiger partial charge in [-0.3, -0.25) is 4.79 Å². The Bertz CT molecular complexity index is 1170. The van der Waals surface area contributed by atoms with Gasteiger partial charge in [-0.05, 0) is 39.4 Å². The van der Waals surface area contributed by atoms with Gasteiger partial charge in [-0.1, -0.05) is 0 Å². The van der Waals surface area contributed by atoms with E-state index < -0.39 is 100.0 Å². The van der Waals surface area contributed by atoms with Crippen molar-refractivity contribution in [2.24, 2.45) is 34.4 Å². The number of aliphatic hydroxyl groups is 4. The first-order valence-corrected chi connectivity index (χ1v) is 16.3. The first-order valence-electron chi connectivity index (χ1n) is 14.6. The predicted molar refractivity (Wildman–Crippen MR) is 159 cm³/mol. The maximum atomic E-state index is 13.5. The average molecular weight is 671 g/mol. The van der Waals surface area contributed by atoms with Crippen molar-refractivity contribution in [1.82, 2.24) is 10.0 Å². The van der Waals surface area contributed by atoms with E-state index >= 15 is 0 Å². The van der Waals surface area contributed by atoms with Gasteiger partial charge in [-0.15, -0.1) is 0 Å². The molecular formula is C25H50N8O11S. The summed E-state index contributed by atoms with van der Waals surface area (Å²) in [5, 5.41) is 46.7. The van der Waals surface area contributed by atoms with E-state index in [4.69, 9.17) is 53.3 Å². The first kappa shape index (κ1) is 38.0. The molecule has 0 radical (unpaired) electrons. The Morgan fingerprint density at radius 1 is 1.18 bits per heavy atom. The third-order valence-corrected chi connectivity index (χ3v) is 9.80. The van der Waals surface area contributed by atoms with Gasteiger partial charge in [0.15, 0.2) is 12.1 Å². The number of sulfonamides is 1. The molecule has 3 aliphatic rings. The molecule has 0 amide bonds. The van der Waals surface area contributed by atoms with E-state index in [1.165, 1.54) is 20.0 Å². The second kappa shape index (κ2) is 14.8. The summed E-state index contributed by atoms with van der Waals surface area (Å²) in [6.07, 6.45) is -10.7. The molecule has 20 heteroatoms. The smallest absolute Gasteiger partial charge is 0.232 e. The summed E-state index contributed by atoms with van der Waals surface area (Å²) in [6, 6.07) is -2.20. The first-order chi connectivity index (χ1) is 20.9. The van der Waals surface area contributed by atoms with E-state index in [1.54, 1.807) is 0 Å². The molecule has 1 saturated heterocycles. The number of likely N-dealkylation sites (N-methyl/N-ethyl adjacent to an activating group) is 1. The molecule has 1 saturated carbocycles. The zero-order valence-corrected chi connectivity index (χ0v) is 26.3. The van der Waals surface area contributed by atoms with E-state index in [0.29, 0.717) is 0 Å². The van der Waals surface area contributed by atoms with Crippen LogP contribution in [0.15, 0.2) is 11.8 Å². The van der Waals surface area contributed by atoms with E-state index in [9.17, 15) is 33.6 Å². The lowest BCUT2D eigenvalue weighted by atomic mass is 9.70. The van der Waals surface area contributed by atoms with Crippen LogP contribution in [0.4, 0.5) is 0 Å². The van der Waals surface area contributed by atoms with Crippen LogP contribution in [0, 0.1) is 0 Å². The monoisotopic (exact) mass is 670 g/mol. The predicted octanol–water partition coefficient (Wildman–Crippen LogP) is -7.00. The van der Waals surface area contributed by atoms with Gasteiger partial charge < -0.3 is 79.1 Å². The molecule has 0 bridgehead atoms. The van der Waals surface area contributed by atoms with Crippen molar-refractivity contribution < 1.29 is 52.6 Å². The molecule has 0 aromatic heterocycles. The molecular weight excluding hydrogens is 620 g/mol. The van der Waals surface area contributed by atoms with E-state index in [2.05, 4.69) is 10.0 Å². The van der Waals surface area contributed by atoms with Gasteiger partial charge in [-0.2, -0.15) is 4.72 Å². The van der Waals surface area contributed by atoms with Crippen LogP contribution in [0.1, 0.15) is 26.2 Å². The fourth-order valence-corrected chi connectivity index (χ4v) is 7.14. The highest BCUT2D eigenvalue weighted by molar-refractivity contribution is 7.89. The quantitative estimate of drug-likeness (QED) is 0.0763. The van der Waals surface area contributed by atoms with Crippen LogP contribution in [0.3, 0.4) is 0 Å². The zero-order chi connectivity index (χ0) is 34.0. The van der Waals surface area contributed by atoms with Crippen LogP contribution in [0.2, 0.25) is 0 Å².